The fourth-order valence-electron chi connectivity index (χ4n) is 1.92. The fourth-order valence-corrected chi connectivity index (χ4v) is 1.92. The highest BCUT2D eigenvalue weighted by Crippen LogP contribution is 2.10. The molecule has 0 radical (unpaired) electrons. The molecule has 0 aliphatic rings. The number of aromatic nitrogens is 2. The Balaban J connectivity index is 1.88. The normalized spacial score (nSPS) is 10.2. The Labute approximate surface area is 122 Å². The summed E-state index contributed by atoms with van der Waals surface area (Å²) >= 11 is 0. The molecule has 1 aromatic heterocycles. The van der Waals surface area contributed by atoms with Gasteiger partial charge < -0.3 is 10.6 Å². The maximum atomic E-state index is 13.0. The molecular weight excluding hydrogens is 271 g/mol. The molecule has 0 saturated carbocycles. The van der Waals surface area contributed by atoms with E-state index in [1.54, 1.807) is 13.1 Å². The Hall–Kier alpha value is -2.50. The van der Waals surface area contributed by atoms with Crippen molar-refractivity contribution in [2.24, 2.45) is 0 Å². The molecule has 21 heavy (non-hydrogen) atoms. The van der Waals surface area contributed by atoms with Crippen molar-refractivity contribution in [1.82, 2.24) is 15.3 Å². The van der Waals surface area contributed by atoms with Crippen LogP contribution in [0.2, 0.25) is 0 Å². The summed E-state index contributed by atoms with van der Waals surface area (Å²) in [6.45, 7) is 2.31. The first-order valence-corrected chi connectivity index (χ1v) is 6.63. The van der Waals surface area contributed by atoms with Crippen LogP contribution >= 0.6 is 0 Å². The lowest BCUT2D eigenvalue weighted by molar-refractivity contribution is 0.0949. The summed E-state index contributed by atoms with van der Waals surface area (Å²) in [5.74, 6) is 0.0820. The van der Waals surface area contributed by atoms with Crippen LogP contribution in [-0.4, -0.2) is 29.5 Å². The monoisotopic (exact) mass is 288 g/mol. The Kier molecular flexibility index (Phi) is 4.81. The minimum absolute atomic E-state index is 0.250. The predicted molar refractivity (Wildman–Crippen MR) is 78.8 cm³/mol. The first kappa shape index (κ1) is 14.9. The quantitative estimate of drug-likeness (QED) is 0.882. The fraction of sp³-hybridized carbons (Fsp3) is 0.267. The summed E-state index contributed by atoms with van der Waals surface area (Å²) in [5.41, 5.74) is 2.15. The second-order valence-electron chi connectivity index (χ2n) is 4.61. The zero-order chi connectivity index (χ0) is 15.2. The second kappa shape index (κ2) is 6.78. The Morgan fingerprint density at radius 3 is 2.71 bits per heavy atom. The van der Waals surface area contributed by atoms with Gasteiger partial charge in [-0.3, -0.25) is 4.79 Å². The van der Waals surface area contributed by atoms with Crippen molar-refractivity contribution in [2.45, 2.75) is 13.3 Å². The highest BCUT2D eigenvalue weighted by atomic mass is 19.1. The molecule has 2 rings (SSSR count). The maximum Gasteiger partial charge on any atom is 0.271 e. The van der Waals surface area contributed by atoms with Gasteiger partial charge in [-0.25, -0.2) is 14.4 Å². The lowest BCUT2D eigenvalue weighted by Crippen LogP contribution is -2.26. The van der Waals surface area contributed by atoms with Crippen molar-refractivity contribution in [3.8, 4) is 0 Å². The summed E-state index contributed by atoms with van der Waals surface area (Å²) in [7, 11) is 1.73. The van der Waals surface area contributed by atoms with Crippen LogP contribution < -0.4 is 10.6 Å². The Morgan fingerprint density at radius 1 is 1.29 bits per heavy atom. The zero-order valence-corrected chi connectivity index (χ0v) is 12.0. The summed E-state index contributed by atoms with van der Waals surface area (Å²) in [4.78, 5) is 19.9. The highest BCUT2D eigenvalue weighted by Gasteiger charge is 2.07. The smallest absolute Gasteiger partial charge is 0.271 e. The molecule has 1 aromatic carbocycles. The average molecular weight is 288 g/mol. The average Bonchev–Trinajstić information content (AvgIpc) is 2.49. The molecule has 0 aliphatic heterocycles. The third kappa shape index (κ3) is 3.98. The predicted octanol–water partition coefficient (Wildman–Crippen LogP) is 1.94. The van der Waals surface area contributed by atoms with Crippen molar-refractivity contribution in [1.29, 1.82) is 0 Å². The van der Waals surface area contributed by atoms with Crippen molar-refractivity contribution in [2.75, 3.05) is 18.9 Å². The van der Waals surface area contributed by atoms with Crippen LogP contribution in [0, 0.1) is 12.7 Å². The molecule has 0 bridgehead atoms. The van der Waals surface area contributed by atoms with E-state index in [0.29, 0.717) is 18.8 Å². The molecule has 1 amide bonds. The number of nitrogens with one attached hydrogen (secondary N) is 2. The van der Waals surface area contributed by atoms with Gasteiger partial charge in [0.25, 0.3) is 5.91 Å². The van der Waals surface area contributed by atoms with Gasteiger partial charge >= 0.3 is 0 Å². The molecule has 0 unspecified atom stereocenters. The number of aryl methyl sites for hydroxylation is 1. The molecule has 0 spiro atoms. The lowest BCUT2D eigenvalue weighted by Gasteiger charge is -2.07. The zero-order valence-electron chi connectivity index (χ0n) is 12.0. The highest BCUT2D eigenvalue weighted by molar-refractivity contribution is 5.91. The maximum absolute atomic E-state index is 13.0. The van der Waals surface area contributed by atoms with Gasteiger partial charge in [0.2, 0.25) is 0 Å². The summed E-state index contributed by atoms with van der Waals surface area (Å²) in [5, 5.41) is 5.60. The van der Waals surface area contributed by atoms with Crippen LogP contribution in [0.25, 0.3) is 0 Å². The minimum atomic E-state index is -0.273. The van der Waals surface area contributed by atoms with Crippen LogP contribution in [0.1, 0.15) is 21.6 Å². The van der Waals surface area contributed by atoms with Crippen LogP contribution in [0.3, 0.4) is 0 Å². The number of hydrogen-bond acceptors (Lipinski definition) is 4. The van der Waals surface area contributed by atoms with Gasteiger partial charge in [-0.15, -0.1) is 0 Å². The standard InChI is InChI=1S/C15H17FN4O/c1-10-7-12(16)4-3-11(10)5-6-18-15(21)13-8-20-14(17-2)9-19-13/h3-4,7-9H,5-6H2,1-2H3,(H,17,20)(H,18,21). The van der Waals surface area contributed by atoms with Crippen LogP contribution in [-0.2, 0) is 6.42 Å². The molecule has 110 valence electrons. The molecule has 1 heterocycles. The largest absolute Gasteiger partial charge is 0.372 e. The molecule has 6 heteroatoms. The number of anilines is 1. The molecule has 2 aromatic rings. The van der Waals surface area contributed by atoms with Crippen LogP contribution in [0.4, 0.5) is 10.2 Å². The summed E-state index contributed by atoms with van der Waals surface area (Å²) in [6, 6.07) is 4.64. The van der Waals surface area contributed by atoms with E-state index in [1.807, 2.05) is 6.92 Å². The van der Waals surface area contributed by atoms with E-state index < -0.39 is 0 Å². The van der Waals surface area contributed by atoms with Crippen LogP contribution in [0.5, 0.6) is 0 Å². The number of halogens is 1. The van der Waals surface area contributed by atoms with Crippen molar-refractivity contribution in [3.05, 3.63) is 53.2 Å². The number of nitrogens with zero attached hydrogens (tertiary/aromatic N) is 2. The van der Waals surface area contributed by atoms with E-state index in [-0.39, 0.29) is 17.4 Å². The number of benzene rings is 1. The van der Waals surface area contributed by atoms with Gasteiger partial charge in [0.1, 0.15) is 17.3 Å². The first-order chi connectivity index (χ1) is 10.1. The van der Waals surface area contributed by atoms with Gasteiger partial charge in [0.15, 0.2) is 0 Å². The second-order valence-corrected chi connectivity index (χ2v) is 4.61. The number of carbonyl (C=O) groups is 1. The first-order valence-electron chi connectivity index (χ1n) is 6.63. The number of hydrogen-bond donors (Lipinski definition) is 2. The molecule has 2 N–H and O–H groups in total. The van der Waals surface area contributed by atoms with E-state index in [2.05, 4.69) is 20.6 Å². The molecule has 0 fully saturated rings. The summed E-state index contributed by atoms with van der Waals surface area (Å²) < 4.78 is 13.0. The van der Waals surface area contributed by atoms with E-state index in [9.17, 15) is 9.18 Å². The lowest BCUT2D eigenvalue weighted by atomic mass is 10.1. The van der Waals surface area contributed by atoms with Gasteiger partial charge in [0, 0.05) is 13.6 Å². The van der Waals surface area contributed by atoms with E-state index in [4.69, 9.17) is 0 Å². The third-order valence-electron chi connectivity index (χ3n) is 3.13. The van der Waals surface area contributed by atoms with E-state index >= 15 is 0 Å². The number of rotatable bonds is 5. The van der Waals surface area contributed by atoms with Gasteiger partial charge in [-0.1, -0.05) is 6.07 Å². The number of carbonyl (C=O) groups excluding carboxylic acids is 1. The molecular formula is C15H17FN4O. The molecule has 5 nitrogen and oxygen atoms in total. The third-order valence-corrected chi connectivity index (χ3v) is 3.13. The Morgan fingerprint density at radius 2 is 2.10 bits per heavy atom. The van der Waals surface area contributed by atoms with Gasteiger partial charge in [0.05, 0.1) is 12.4 Å². The minimum Gasteiger partial charge on any atom is -0.372 e. The SMILES string of the molecule is CNc1cnc(C(=O)NCCc2ccc(F)cc2C)cn1. The summed E-state index contributed by atoms with van der Waals surface area (Å²) in [6.07, 6.45) is 3.56. The van der Waals surface area contributed by atoms with E-state index in [0.717, 1.165) is 11.1 Å². The molecule has 0 aliphatic carbocycles. The van der Waals surface area contributed by atoms with E-state index in [1.165, 1.54) is 24.5 Å². The van der Waals surface area contributed by atoms with Crippen molar-refractivity contribution < 1.29 is 9.18 Å². The van der Waals surface area contributed by atoms with Crippen molar-refractivity contribution in [3.63, 3.8) is 0 Å². The Bertz CT molecular complexity index is 628. The van der Waals surface area contributed by atoms with Crippen molar-refractivity contribution >= 4 is 11.7 Å². The van der Waals surface area contributed by atoms with Gasteiger partial charge in [-0.2, -0.15) is 0 Å². The molecule has 0 saturated heterocycles. The topological polar surface area (TPSA) is 66.9 Å². The van der Waals surface area contributed by atoms with Crippen LogP contribution in [0.15, 0.2) is 30.6 Å². The van der Waals surface area contributed by atoms with Gasteiger partial charge in [-0.05, 0) is 36.6 Å². The number of amides is 1. The molecule has 0 atom stereocenters.